The molecule has 1 N–H and O–H groups in total. The number of hydrogen-bond acceptors (Lipinski definition) is 6. The van der Waals surface area contributed by atoms with Gasteiger partial charge in [0.2, 0.25) is 5.88 Å². The van der Waals surface area contributed by atoms with E-state index in [0.29, 0.717) is 31.2 Å². The van der Waals surface area contributed by atoms with Gasteiger partial charge in [-0.15, -0.1) is 16.4 Å². The topological polar surface area (TPSA) is 68.6 Å². The second-order valence-electron chi connectivity index (χ2n) is 7.98. The molecule has 0 unspecified atom stereocenters. The van der Waals surface area contributed by atoms with Crippen LogP contribution in [-0.4, -0.2) is 47.8 Å². The number of nitrogens with zero attached hydrogens (tertiary/aromatic N) is 3. The molecule has 1 aliphatic rings. The van der Waals surface area contributed by atoms with Crippen molar-refractivity contribution in [2.24, 2.45) is 0 Å². The number of aryl methyl sites for hydroxylation is 2. The molecule has 1 aromatic carbocycles. The summed E-state index contributed by atoms with van der Waals surface area (Å²) in [6.45, 7) is 4.94. The van der Waals surface area contributed by atoms with Crippen molar-refractivity contribution in [2.75, 3.05) is 27.2 Å². The lowest BCUT2D eigenvalue weighted by Gasteiger charge is -2.22. The van der Waals surface area contributed by atoms with E-state index in [1.807, 2.05) is 18.0 Å². The number of benzene rings is 1. The fourth-order valence-electron chi connectivity index (χ4n) is 3.96. The number of aromatic nitrogens is 2. The normalized spacial score (nSPS) is 14.7. The highest BCUT2D eigenvalue weighted by molar-refractivity contribution is 7.10. The zero-order chi connectivity index (χ0) is 22.5. The Hall–Kier alpha value is -2.84. The van der Waals surface area contributed by atoms with Gasteiger partial charge in [-0.2, -0.15) is 0 Å². The lowest BCUT2D eigenvalue weighted by Crippen LogP contribution is -2.30. The maximum absolute atomic E-state index is 13.1. The van der Waals surface area contributed by atoms with Gasteiger partial charge in [0.25, 0.3) is 5.91 Å². The summed E-state index contributed by atoms with van der Waals surface area (Å²) in [4.78, 5) is 16.2. The molecule has 0 bridgehead atoms. The van der Waals surface area contributed by atoms with Gasteiger partial charge >= 0.3 is 0 Å². The Morgan fingerprint density at radius 3 is 2.84 bits per heavy atom. The van der Waals surface area contributed by atoms with Crippen LogP contribution >= 0.6 is 11.3 Å². The molecule has 3 aromatic rings. The van der Waals surface area contributed by atoms with Gasteiger partial charge in [-0.3, -0.25) is 9.48 Å². The Labute approximate surface area is 193 Å². The van der Waals surface area contributed by atoms with Crippen molar-refractivity contribution in [1.82, 2.24) is 20.0 Å². The molecule has 32 heavy (non-hydrogen) atoms. The van der Waals surface area contributed by atoms with Crippen molar-refractivity contribution in [3.8, 4) is 11.6 Å². The molecule has 4 rings (SSSR count). The first-order valence-corrected chi connectivity index (χ1v) is 11.8. The SMILES string of the molecule is CNCC[C@H](Oc1ccc(CN2CCCn3nc(OC)cc3C2=O)c(C)c1)c1cccs1. The van der Waals surface area contributed by atoms with Gasteiger partial charge in [0, 0.05) is 37.0 Å². The van der Waals surface area contributed by atoms with Crippen molar-refractivity contribution in [2.45, 2.75) is 39.0 Å². The Morgan fingerprint density at radius 2 is 2.12 bits per heavy atom. The van der Waals surface area contributed by atoms with Gasteiger partial charge < -0.3 is 19.7 Å². The zero-order valence-electron chi connectivity index (χ0n) is 18.8. The number of carbonyl (C=O) groups is 1. The molecule has 3 heterocycles. The molecule has 8 heteroatoms. The van der Waals surface area contributed by atoms with Gasteiger partial charge in [0.05, 0.1) is 7.11 Å². The summed E-state index contributed by atoms with van der Waals surface area (Å²) >= 11 is 1.72. The lowest BCUT2D eigenvalue weighted by atomic mass is 10.1. The van der Waals surface area contributed by atoms with Crippen molar-refractivity contribution < 1.29 is 14.3 Å². The molecule has 1 amide bonds. The minimum atomic E-state index is -0.0112. The highest BCUT2D eigenvalue weighted by Gasteiger charge is 2.25. The molecule has 0 spiro atoms. The van der Waals surface area contributed by atoms with Crippen LogP contribution in [-0.2, 0) is 13.1 Å². The van der Waals surface area contributed by atoms with E-state index in [1.165, 1.54) is 4.88 Å². The zero-order valence-corrected chi connectivity index (χ0v) is 19.7. The number of nitrogens with one attached hydrogen (secondary N) is 1. The number of carbonyl (C=O) groups excluding carboxylic acids is 1. The molecular formula is C24H30N4O3S. The number of hydrogen-bond donors (Lipinski definition) is 1. The van der Waals surface area contributed by atoms with Crippen LogP contribution in [0, 0.1) is 6.92 Å². The molecule has 7 nitrogen and oxygen atoms in total. The lowest BCUT2D eigenvalue weighted by molar-refractivity contribution is 0.0745. The van der Waals surface area contributed by atoms with E-state index < -0.39 is 0 Å². The van der Waals surface area contributed by atoms with Crippen molar-refractivity contribution in [3.05, 3.63) is 63.5 Å². The molecule has 0 aliphatic carbocycles. The minimum Gasteiger partial charge on any atom is -0.485 e. The van der Waals surface area contributed by atoms with Crippen LogP contribution in [0.3, 0.4) is 0 Å². The van der Waals surface area contributed by atoms with Gasteiger partial charge in [-0.05, 0) is 61.6 Å². The largest absolute Gasteiger partial charge is 0.485 e. The number of rotatable bonds is 9. The van der Waals surface area contributed by atoms with E-state index in [1.54, 1.807) is 29.2 Å². The average molecular weight is 455 g/mol. The average Bonchev–Trinajstić information content (AvgIpc) is 3.44. The van der Waals surface area contributed by atoms with Crippen LogP contribution in [0.25, 0.3) is 0 Å². The van der Waals surface area contributed by atoms with Crippen molar-refractivity contribution >= 4 is 17.2 Å². The summed E-state index contributed by atoms with van der Waals surface area (Å²) in [6.07, 6.45) is 1.78. The number of amides is 1. The predicted octanol–water partition coefficient (Wildman–Crippen LogP) is 4.04. The van der Waals surface area contributed by atoms with Crippen LogP contribution in [0.5, 0.6) is 11.6 Å². The van der Waals surface area contributed by atoms with E-state index in [9.17, 15) is 4.79 Å². The number of ether oxygens (including phenoxy) is 2. The predicted molar refractivity (Wildman–Crippen MR) is 126 cm³/mol. The Morgan fingerprint density at radius 1 is 1.25 bits per heavy atom. The first-order valence-electron chi connectivity index (χ1n) is 10.9. The van der Waals surface area contributed by atoms with Gasteiger partial charge in [0.1, 0.15) is 17.5 Å². The summed E-state index contributed by atoms with van der Waals surface area (Å²) < 4.78 is 13.3. The fraction of sp³-hybridized carbons (Fsp3) is 0.417. The number of fused-ring (bicyclic) bond motifs is 1. The molecule has 0 radical (unpaired) electrons. The summed E-state index contributed by atoms with van der Waals surface area (Å²) in [6, 6.07) is 12.1. The molecule has 2 aromatic heterocycles. The Bertz CT molecular complexity index is 1050. The van der Waals surface area contributed by atoms with E-state index in [2.05, 4.69) is 47.0 Å². The van der Waals surface area contributed by atoms with Crippen LogP contribution in [0.2, 0.25) is 0 Å². The highest BCUT2D eigenvalue weighted by Crippen LogP contribution is 2.29. The number of thiophene rings is 1. The first-order chi connectivity index (χ1) is 15.6. The fourth-order valence-corrected chi connectivity index (χ4v) is 4.75. The second-order valence-corrected chi connectivity index (χ2v) is 8.96. The minimum absolute atomic E-state index is 0.0112. The Balaban J connectivity index is 1.47. The van der Waals surface area contributed by atoms with Gasteiger partial charge in [0.15, 0.2) is 0 Å². The van der Waals surface area contributed by atoms with Crippen molar-refractivity contribution in [1.29, 1.82) is 0 Å². The summed E-state index contributed by atoms with van der Waals surface area (Å²) in [7, 11) is 3.52. The standard InChI is InChI=1S/C24H30N4O3S/c1-17-14-19(31-21(9-10-25-2)22-6-4-13-32-22)8-7-18(17)16-27-11-5-12-28-20(24(27)29)15-23(26-28)30-3/h4,6-8,13-15,21,25H,5,9-12,16H2,1-3H3/t21-/m0/s1. The second kappa shape index (κ2) is 10.2. The highest BCUT2D eigenvalue weighted by atomic mass is 32.1. The van der Waals surface area contributed by atoms with Crippen LogP contribution in [0.4, 0.5) is 0 Å². The monoisotopic (exact) mass is 454 g/mol. The third kappa shape index (κ3) is 4.97. The van der Waals surface area contributed by atoms with Gasteiger partial charge in [-0.25, -0.2) is 0 Å². The van der Waals surface area contributed by atoms with E-state index >= 15 is 0 Å². The molecule has 1 aliphatic heterocycles. The smallest absolute Gasteiger partial charge is 0.272 e. The Kier molecular flexibility index (Phi) is 7.12. The third-order valence-electron chi connectivity index (χ3n) is 5.74. The molecule has 170 valence electrons. The van der Waals surface area contributed by atoms with E-state index in [0.717, 1.165) is 36.3 Å². The third-order valence-corrected chi connectivity index (χ3v) is 6.71. The molecule has 0 saturated heterocycles. The summed E-state index contributed by atoms with van der Waals surface area (Å²) in [5.41, 5.74) is 2.82. The molecular weight excluding hydrogens is 424 g/mol. The van der Waals surface area contributed by atoms with Crippen molar-refractivity contribution in [3.63, 3.8) is 0 Å². The van der Waals surface area contributed by atoms with E-state index in [4.69, 9.17) is 9.47 Å². The quantitative estimate of drug-likeness (QED) is 0.529. The molecule has 0 fully saturated rings. The van der Waals surface area contributed by atoms with E-state index in [-0.39, 0.29) is 12.0 Å². The first kappa shape index (κ1) is 22.4. The molecule has 1 atom stereocenters. The van der Waals surface area contributed by atoms with Crippen LogP contribution in [0.1, 0.15) is 45.4 Å². The maximum atomic E-state index is 13.1. The van der Waals surface area contributed by atoms with Crippen LogP contribution < -0.4 is 14.8 Å². The summed E-state index contributed by atoms with van der Waals surface area (Å²) in [5, 5.41) is 9.64. The van der Waals surface area contributed by atoms with Gasteiger partial charge in [-0.1, -0.05) is 12.1 Å². The summed E-state index contributed by atoms with van der Waals surface area (Å²) in [5.74, 6) is 1.32. The number of methoxy groups -OCH3 is 1. The molecule has 0 saturated carbocycles. The van der Waals surface area contributed by atoms with Crippen LogP contribution in [0.15, 0.2) is 41.8 Å². The maximum Gasteiger partial charge on any atom is 0.272 e.